The van der Waals surface area contributed by atoms with Crippen molar-refractivity contribution in [3.63, 3.8) is 0 Å². The summed E-state index contributed by atoms with van der Waals surface area (Å²) in [6.45, 7) is 6.50. The summed E-state index contributed by atoms with van der Waals surface area (Å²) in [7, 11) is 3.51. The number of nitrogens with zero attached hydrogens (tertiary/aromatic N) is 1. The number of carbonyl (C=O) groups excluding carboxylic acids is 1. The number of carbonyl (C=O) groups is 1. The van der Waals surface area contributed by atoms with Gasteiger partial charge in [-0.2, -0.15) is 0 Å². The summed E-state index contributed by atoms with van der Waals surface area (Å²) in [6.07, 6.45) is 4.21. The van der Waals surface area contributed by atoms with Crippen molar-refractivity contribution < 1.29 is 28.2 Å². The molecule has 1 aliphatic heterocycles. The molecular formula is C32H46F2N2O4. The van der Waals surface area contributed by atoms with Gasteiger partial charge < -0.3 is 24.8 Å². The minimum Gasteiger partial charge on any atom is -0.454 e. The molecule has 1 fully saturated rings. The van der Waals surface area contributed by atoms with Crippen LogP contribution >= 0.6 is 0 Å². The predicted molar refractivity (Wildman–Crippen MR) is 153 cm³/mol. The maximum absolute atomic E-state index is 15.3. The third-order valence-electron chi connectivity index (χ3n) is 7.80. The fourth-order valence-electron chi connectivity index (χ4n) is 5.96. The standard InChI is InChI=1S/C32H46F2N2O4/c1-23(2)17-24(21-35-3)18-30(37)36-15-10-11-25(22-36)32(38,14-8-9-16-39-4)28-19-26(33)20-29(34)31(28)40-27-12-6-5-7-13-27/h5-7,12-13,19-20,23-25,35,38H,8-11,14-18,21-22H2,1-4H3/t24-,25-,32+/m1/s1. The molecule has 0 spiro atoms. The predicted octanol–water partition coefficient (Wildman–Crippen LogP) is 6.27. The highest BCUT2D eigenvalue weighted by molar-refractivity contribution is 5.76. The molecule has 0 aliphatic carbocycles. The molecule has 1 saturated heterocycles. The van der Waals surface area contributed by atoms with Crippen LogP contribution in [0.15, 0.2) is 42.5 Å². The van der Waals surface area contributed by atoms with Gasteiger partial charge in [0.15, 0.2) is 11.6 Å². The number of halogens is 2. The second kappa shape index (κ2) is 15.5. The van der Waals surface area contributed by atoms with Crippen molar-refractivity contribution in [2.24, 2.45) is 17.8 Å². The number of ether oxygens (including phenoxy) is 2. The summed E-state index contributed by atoms with van der Waals surface area (Å²) in [5, 5.41) is 15.6. The summed E-state index contributed by atoms with van der Waals surface area (Å²) in [5.41, 5.74) is -1.53. The molecule has 3 rings (SSSR count). The maximum Gasteiger partial charge on any atom is 0.222 e. The van der Waals surface area contributed by atoms with E-state index in [0.717, 1.165) is 19.0 Å². The summed E-state index contributed by atoms with van der Waals surface area (Å²) >= 11 is 0. The minimum absolute atomic E-state index is 0.0542. The molecule has 6 nitrogen and oxygen atoms in total. The van der Waals surface area contributed by atoms with Crippen molar-refractivity contribution in [1.29, 1.82) is 0 Å². The third kappa shape index (κ3) is 8.72. The topological polar surface area (TPSA) is 71.0 Å². The molecule has 0 unspecified atom stereocenters. The van der Waals surface area contributed by atoms with Gasteiger partial charge >= 0.3 is 0 Å². The Labute approximate surface area is 238 Å². The number of methoxy groups -OCH3 is 1. The zero-order valence-electron chi connectivity index (χ0n) is 24.4. The maximum atomic E-state index is 15.3. The molecule has 1 amide bonds. The zero-order chi connectivity index (χ0) is 29.1. The Hall–Kier alpha value is -2.55. The van der Waals surface area contributed by atoms with Crippen LogP contribution in [0.2, 0.25) is 0 Å². The van der Waals surface area contributed by atoms with Crippen LogP contribution in [0.4, 0.5) is 8.78 Å². The Morgan fingerprint density at radius 3 is 2.62 bits per heavy atom. The van der Waals surface area contributed by atoms with Gasteiger partial charge in [0.25, 0.3) is 0 Å². The van der Waals surface area contributed by atoms with E-state index in [-0.39, 0.29) is 29.6 Å². The molecule has 1 heterocycles. The van der Waals surface area contributed by atoms with E-state index in [2.05, 4.69) is 19.2 Å². The number of benzene rings is 2. The van der Waals surface area contributed by atoms with Gasteiger partial charge in [0.05, 0.1) is 5.60 Å². The van der Waals surface area contributed by atoms with Crippen molar-refractivity contribution in [3.8, 4) is 11.5 Å². The number of amides is 1. The van der Waals surface area contributed by atoms with Crippen LogP contribution in [0.5, 0.6) is 11.5 Å². The molecule has 40 heavy (non-hydrogen) atoms. The second-order valence-corrected chi connectivity index (χ2v) is 11.5. The van der Waals surface area contributed by atoms with E-state index in [1.54, 1.807) is 31.4 Å². The van der Waals surface area contributed by atoms with E-state index in [4.69, 9.17) is 9.47 Å². The molecular weight excluding hydrogens is 514 g/mol. The monoisotopic (exact) mass is 560 g/mol. The molecule has 1 aliphatic rings. The number of likely N-dealkylation sites (tertiary alicyclic amines) is 1. The SMILES string of the molecule is CNC[C@@H](CC(=O)N1CCC[C@@H]([C@@](O)(CCCCOC)c2cc(F)cc(F)c2Oc2ccccc2)C1)CC(C)C. The molecule has 8 heteroatoms. The van der Waals surface area contributed by atoms with Crippen LogP contribution in [0.25, 0.3) is 0 Å². The first-order valence-corrected chi connectivity index (χ1v) is 14.5. The lowest BCUT2D eigenvalue weighted by Gasteiger charge is -2.43. The Bertz CT molecular complexity index is 1070. The highest BCUT2D eigenvalue weighted by Gasteiger charge is 2.44. The number of aliphatic hydroxyl groups is 1. The number of rotatable bonds is 15. The Morgan fingerprint density at radius 2 is 1.95 bits per heavy atom. The minimum atomic E-state index is -1.61. The van der Waals surface area contributed by atoms with E-state index in [9.17, 15) is 14.3 Å². The van der Waals surface area contributed by atoms with Gasteiger partial charge in [0.1, 0.15) is 11.6 Å². The number of hydrogen-bond acceptors (Lipinski definition) is 5. The van der Waals surface area contributed by atoms with Crippen molar-refractivity contribution in [2.75, 3.05) is 40.4 Å². The Kier molecular flexibility index (Phi) is 12.3. The smallest absolute Gasteiger partial charge is 0.222 e. The number of para-hydroxylation sites is 1. The van der Waals surface area contributed by atoms with Gasteiger partial charge in [0, 0.05) is 50.8 Å². The van der Waals surface area contributed by atoms with E-state index in [0.29, 0.717) is 63.5 Å². The quantitative estimate of drug-likeness (QED) is 0.251. The van der Waals surface area contributed by atoms with Crippen molar-refractivity contribution in [2.45, 2.75) is 64.4 Å². The summed E-state index contributed by atoms with van der Waals surface area (Å²) in [5.74, 6) is -1.12. The van der Waals surface area contributed by atoms with E-state index in [1.807, 2.05) is 18.0 Å². The lowest BCUT2D eigenvalue weighted by atomic mass is 9.73. The van der Waals surface area contributed by atoms with Crippen LogP contribution in [0.1, 0.15) is 64.4 Å². The van der Waals surface area contributed by atoms with Gasteiger partial charge in [-0.1, -0.05) is 32.0 Å². The summed E-state index contributed by atoms with van der Waals surface area (Å²) in [4.78, 5) is 15.3. The van der Waals surface area contributed by atoms with Crippen LogP contribution < -0.4 is 10.1 Å². The Morgan fingerprint density at radius 1 is 1.20 bits per heavy atom. The van der Waals surface area contributed by atoms with Gasteiger partial charge in [-0.3, -0.25) is 4.79 Å². The normalized spacial score (nSPS) is 18.0. The highest BCUT2D eigenvalue weighted by Crippen LogP contribution is 2.45. The first kappa shape index (κ1) is 32.0. The molecule has 0 aromatic heterocycles. The summed E-state index contributed by atoms with van der Waals surface area (Å²) in [6, 6.07) is 10.7. The molecule has 0 bridgehead atoms. The first-order valence-electron chi connectivity index (χ1n) is 14.5. The van der Waals surface area contributed by atoms with Crippen LogP contribution in [-0.2, 0) is 15.1 Å². The van der Waals surface area contributed by atoms with E-state index < -0.39 is 23.2 Å². The number of hydrogen-bond donors (Lipinski definition) is 2. The first-order chi connectivity index (χ1) is 19.2. The number of piperidine rings is 1. The van der Waals surface area contributed by atoms with Crippen molar-refractivity contribution in [3.05, 3.63) is 59.7 Å². The zero-order valence-corrected chi connectivity index (χ0v) is 24.4. The Balaban J connectivity index is 1.93. The number of unbranched alkanes of at least 4 members (excludes halogenated alkanes) is 1. The molecule has 222 valence electrons. The van der Waals surface area contributed by atoms with Crippen LogP contribution in [-0.4, -0.2) is 56.3 Å². The van der Waals surface area contributed by atoms with Crippen molar-refractivity contribution in [1.82, 2.24) is 10.2 Å². The molecule has 0 radical (unpaired) electrons. The lowest BCUT2D eigenvalue weighted by Crippen LogP contribution is -2.48. The second-order valence-electron chi connectivity index (χ2n) is 11.5. The lowest BCUT2D eigenvalue weighted by molar-refractivity contribution is -0.138. The molecule has 2 aromatic carbocycles. The summed E-state index contributed by atoms with van der Waals surface area (Å²) < 4.78 is 41.1. The molecule has 0 saturated carbocycles. The fraction of sp³-hybridized carbons (Fsp3) is 0.594. The third-order valence-corrected chi connectivity index (χ3v) is 7.80. The number of nitrogens with one attached hydrogen (secondary N) is 1. The van der Waals surface area contributed by atoms with E-state index in [1.165, 1.54) is 6.07 Å². The average molecular weight is 561 g/mol. The molecule has 2 aromatic rings. The van der Waals surface area contributed by atoms with Gasteiger partial charge in [-0.15, -0.1) is 0 Å². The highest BCUT2D eigenvalue weighted by atomic mass is 19.1. The largest absolute Gasteiger partial charge is 0.454 e. The fourth-order valence-corrected chi connectivity index (χ4v) is 5.96. The molecule has 2 N–H and O–H groups in total. The average Bonchev–Trinajstić information content (AvgIpc) is 2.92. The van der Waals surface area contributed by atoms with Gasteiger partial charge in [0.2, 0.25) is 5.91 Å². The van der Waals surface area contributed by atoms with Crippen LogP contribution in [0.3, 0.4) is 0 Å². The van der Waals surface area contributed by atoms with Crippen LogP contribution in [0, 0.1) is 29.4 Å². The van der Waals surface area contributed by atoms with Gasteiger partial charge in [-0.25, -0.2) is 8.78 Å². The van der Waals surface area contributed by atoms with E-state index >= 15 is 4.39 Å². The molecule has 3 atom stereocenters. The van der Waals surface area contributed by atoms with Crippen molar-refractivity contribution >= 4 is 5.91 Å². The van der Waals surface area contributed by atoms with Gasteiger partial charge in [-0.05, 0) is 82.2 Å².